The Bertz CT molecular complexity index is 870. The Hall–Kier alpha value is -3.30. The summed E-state index contributed by atoms with van der Waals surface area (Å²) in [5.74, 6) is -6.39. The number of aliphatic carboxylic acids is 2. The van der Waals surface area contributed by atoms with Crippen LogP contribution in [0.3, 0.4) is 0 Å². The number of carboxylic acids is 2. The Balaban J connectivity index is 5.60. The van der Waals surface area contributed by atoms with Gasteiger partial charge in [-0.1, -0.05) is 34.1 Å². The van der Waals surface area contributed by atoms with Crippen molar-refractivity contribution >= 4 is 35.6 Å². The average Bonchev–Trinajstić information content (AvgIpc) is 2.89. The van der Waals surface area contributed by atoms with E-state index < -0.39 is 78.3 Å². The lowest BCUT2D eigenvalue weighted by atomic mass is 9.98. The highest BCUT2D eigenvalue weighted by Crippen LogP contribution is 2.11. The van der Waals surface area contributed by atoms with Gasteiger partial charge in [-0.05, 0) is 44.1 Å². The quantitative estimate of drug-likeness (QED) is 0.0719. The summed E-state index contributed by atoms with van der Waals surface area (Å²) in [5.41, 5.74) is 11.2. The van der Waals surface area contributed by atoms with Crippen molar-refractivity contribution in [3.05, 3.63) is 0 Å². The summed E-state index contributed by atoms with van der Waals surface area (Å²) >= 11 is 0. The Kier molecular flexibility index (Phi) is 17.3. The predicted octanol–water partition coefficient (Wildman–Crippen LogP) is -1.97. The first-order valence-electron chi connectivity index (χ1n) is 13.4. The fourth-order valence-electron chi connectivity index (χ4n) is 3.63. The molecule has 0 saturated carbocycles. The maximum atomic E-state index is 13.2. The number of aliphatic hydroxyl groups excluding tert-OH is 1. The number of rotatable bonds is 20. The van der Waals surface area contributed by atoms with Crippen LogP contribution in [0, 0.1) is 11.8 Å². The molecule has 11 N–H and O–H groups in total. The van der Waals surface area contributed by atoms with Crippen LogP contribution in [-0.4, -0.2) is 94.2 Å². The van der Waals surface area contributed by atoms with Crippen molar-refractivity contribution in [2.24, 2.45) is 23.3 Å². The lowest BCUT2D eigenvalue weighted by molar-refractivity contribution is -0.144. The molecular weight excluding hydrogens is 528 g/mol. The minimum absolute atomic E-state index is 0.171. The molecule has 0 rings (SSSR count). The van der Waals surface area contributed by atoms with Crippen molar-refractivity contribution in [2.75, 3.05) is 13.2 Å². The van der Waals surface area contributed by atoms with E-state index in [1.165, 1.54) is 0 Å². The van der Waals surface area contributed by atoms with E-state index in [9.17, 15) is 39.0 Å². The first kappa shape index (κ1) is 36.7. The van der Waals surface area contributed by atoms with E-state index in [-0.39, 0.29) is 25.2 Å². The van der Waals surface area contributed by atoms with E-state index in [0.29, 0.717) is 25.8 Å². The molecule has 0 aliphatic rings. The third-order valence-electron chi connectivity index (χ3n) is 6.43. The molecule has 0 aromatic carbocycles. The number of carbonyl (C=O) groups excluding carboxylic acids is 4. The number of carbonyl (C=O) groups is 6. The Morgan fingerprint density at radius 3 is 1.77 bits per heavy atom. The van der Waals surface area contributed by atoms with Gasteiger partial charge in [-0.15, -0.1) is 0 Å². The maximum absolute atomic E-state index is 13.2. The molecule has 0 spiro atoms. The Labute approximate surface area is 234 Å². The molecule has 15 nitrogen and oxygen atoms in total. The molecule has 0 radical (unpaired) electrons. The number of nitrogens with one attached hydrogen (secondary N) is 4. The lowest BCUT2D eigenvalue weighted by Crippen LogP contribution is -2.60. The van der Waals surface area contributed by atoms with Crippen LogP contribution < -0.4 is 32.7 Å². The fraction of sp³-hybridized carbons (Fsp3) is 0.760. The van der Waals surface area contributed by atoms with E-state index in [2.05, 4.69) is 21.3 Å². The lowest BCUT2D eigenvalue weighted by Gasteiger charge is -2.28. The van der Waals surface area contributed by atoms with Gasteiger partial charge in [0.1, 0.15) is 24.2 Å². The second kappa shape index (κ2) is 18.9. The number of unbranched alkanes of at least 4 members (excludes halogenated alkanes) is 1. The van der Waals surface area contributed by atoms with E-state index in [1.54, 1.807) is 27.7 Å². The molecule has 0 aromatic heterocycles. The van der Waals surface area contributed by atoms with E-state index in [0.717, 1.165) is 0 Å². The highest BCUT2D eigenvalue weighted by atomic mass is 16.4. The molecule has 0 heterocycles. The summed E-state index contributed by atoms with van der Waals surface area (Å²) in [7, 11) is 0. The number of aliphatic hydroxyl groups is 1. The molecular formula is C25H46N6O9. The molecule has 0 unspecified atom stereocenters. The number of hydrogen-bond donors (Lipinski definition) is 9. The summed E-state index contributed by atoms with van der Waals surface area (Å²) in [6.07, 6.45) is 1.13. The number of nitrogens with two attached hydrogens (primary N) is 2. The van der Waals surface area contributed by atoms with Gasteiger partial charge in [0.25, 0.3) is 0 Å². The van der Waals surface area contributed by atoms with Crippen molar-refractivity contribution in [1.29, 1.82) is 0 Å². The SMILES string of the molecule is CC[C@H](C)[C@H](NC(=O)[C@H](CCCCN)NC(=O)[C@@H](NC(=O)[C@H](CO)NC(=O)[C@@H](N)CCC(=O)O)C(C)C)C(=O)O. The normalized spacial score (nSPS) is 15.6. The van der Waals surface area contributed by atoms with E-state index in [1.807, 2.05) is 0 Å². The van der Waals surface area contributed by atoms with Gasteiger partial charge in [0.05, 0.1) is 12.6 Å². The van der Waals surface area contributed by atoms with Crippen LogP contribution in [-0.2, 0) is 28.8 Å². The van der Waals surface area contributed by atoms with Gasteiger partial charge in [0.15, 0.2) is 0 Å². The van der Waals surface area contributed by atoms with Crippen LogP contribution in [0.4, 0.5) is 0 Å². The first-order valence-corrected chi connectivity index (χ1v) is 13.4. The molecule has 0 aromatic rings. The van der Waals surface area contributed by atoms with Crippen molar-refractivity contribution < 1.29 is 44.1 Å². The standard InChI is InChI=1S/C25H46N6O9/c1-5-14(4)20(25(39)40)31-22(36)16(8-6-7-11-26)28-24(38)19(13(2)3)30-23(37)17(12-32)29-21(35)15(27)9-10-18(33)34/h13-17,19-20,32H,5-12,26-27H2,1-4H3,(H,28,38)(H,29,35)(H,30,37)(H,31,36)(H,33,34)(H,39,40)/t14-,15-,16-,17-,19-,20-/m0/s1. The number of amides is 4. The van der Waals surface area contributed by atoms with Crippen LogP contribution in [0.25, 0.3) is 0 Å². The zero-order valence-corrected chi connectivity index (χ0v) is 23.6. The second-order valence-electron chi connectivity index (χ2n) is 10.1. The molecule has 0 fully saturated rings. The minimum Gasteiger partial charge on any atom is -0.481 e. The number of carboxylic acid groups (broad SMARTS) is 2. The number of hydrogen-bond acceptors (Lipinski definition) is 9. The van der Waals surface area contributed by atoms with Gasteiger partial charge in [0, 0.05) is 6.42 Å². The average molecular weight is 575 g/mol. The van der Waals surface area contributed by atoms with Crippen LogP contribution >= 0.6 is 0 Å². The highest BCUT2D eigenvalue weighted by Gasteiger charge is 2.33. The minimum atomic E-state index is -1.48. The van der Waals surface area contributed by atoms with Crippen LogP contribution in [0.15, 0.2) is 0 Å². The Morgan fingerprint density at radius 2 is 1.30 bits per heavy atom. The molecule has 0 aliphatic carbocycles. The van der Waals surface area contributed by atoms with Crippen molar-refractivity contribution in [3.8, 4) is 0 Å². The molecule has 0 bridgehead atoms. The van der Waals surface area contributed by atoms with Gasteiger partial charge >= 0.3 is 11.9 Å². The maximum Gasteiger partial charge on any atom is 0.326 e. The smallest absolute Gasteiger partial charge is 0.326 e. The molecule has 40 heavy (non-hydrogen) atoms. The van der Waals surface area contributed by atoms with Crippen molar-refractivity contribution in [1.82, 2.24) is 21.3 Å². The van der Waals surface area contributed by atoms with Crippen LogP contribution in [0.2, 0.25) is 0 Å². The fourth-order valence-corrected chi connectivity index (χ4v) is 3.63. The summed E-state index contributed by atoms with van der Waals surface area (Å²) in [6.45, 7) is 6.26. The zero-order chi connectivity index (χ0) is 31.0. The van der Waals surface area contributed by atoms with Gasteiger partial charge < -0.3 is 48.1 Å². The highest BCUT2D eigenvalue weighted by molar-refractivity contribution is 5.95. The summed E-state index contributed by atoms with van der Waals surface area (Å²) in [5, 5.41) is 37.7. The largest absolute Gasteiger partial charge is 0.481 e. The molecule has 15 heteroatoms. The third-order valence-corrected chi connectivity index (χ3v) is 6.43. The Morgan fingerprint density at radius 1 is 0.750 bits per heavy atom. The van der Waals surface area contributed by atoms with Gasteiger partial charge in [-0.3, -0.25) is 24.0 Å². The van der Waals surface area contributed by atoms with Crippen LogP contribution in [0.1, 0.15) is 66.2 Å². The molecule has 0 saturated heterocycles. The summed E-state index contributed by atoms with van der Waals surface area (Å²) in [4.78, 5) is 73.7. The molecule has 230 valence electrons. The van der Waals surface area contributed by atoms with Gasteiger partial charge in [-0.25, -0.2) is 4.79 Å². The first-order chi connectivity index (χ1) is 18.7. The monoisotopic (exact) mass is 574 g/mol. The molecule has 0 aliphatic heterocycles. The summed E-state index contributed by atoms with van der Waals surface area (Å²) < 4.78 is 0. The zero-order valence-electron chi connectivity index (χ0n) is 23.6. The van der Waals surface area contributed by atoms with E-state index >= 15 is 0 Å². The van der Waals surface area contributed by atoms with E-state index in [4.69, 9.17) is 16.6 Å². The van der Waals surface area contributed by atoms with Crippen molar-refractivity contribution in [2.45, 2.75) is 96.4 Å². The third kappa shape index (κ3) is 13.2. The molecule has 6 atom stereocenters. The van der Waals surface area contributed by atoms with Gasteiger partial charge in [0.2, 0.25) is 23.6 Å². The topological polar surface area (TPSA) is 263 Å². The molecule has 4 amide bonds. The predicted molar refractivity (Wildman–Crippen MR) is 144 cm³/mol. The van der Waals surface area contributed by atoms with Crippen LogP contribution in [0.5, 0.6) is 0 Å². The second-order valence-corrected chi connectivity index (χ2v) is 10.1. The van der Waals surface area contributed by atoms with Crippen molar-refractivity contribution in [3.63, 3.8) is 0 Å². The summed E-state index contributed by atoms with van der Waals surface area (Å²) in [6, 6.07) is -6.17. The van der Waals surface area contributed by atoms with Gasteiger partial charge in [-0.2, -0.15) is 0 Å².